The summed E-state index contributed by atoms with van der Waals surface area (Å²) >= 11 is 0. The molecule has 0 bridgehead atoms. The molecule has 1 aliphatic rings. The molecule has 8 heteroatoms. The lowest BCUT2D eigenvalue weighted by Gasteiger charge is -2.16. The number of benzene rings is 1. The highest BCUT2D eigenvalue weighted by molar-refractivity contribution is 5.80. The fourth-order valence-corrected chi connectivity index (χ4v) is 3.48. The van der Waals surface area contributed by atoms with Crippen LogP contribution in [0.4, 0.5) is 0 Å². The molecule has 0 atom stereocenters. The summed E-state index contributed by atoms with van der Waals surface area (Å²) in [7, 11) is 0. The minimum atomic E-state index is -0.738. The first-order valence-electron chi connectivity index (χ1n) is 9.40. The van der Waals surface area contributed by atoms with E-state index >= 15 is 0 Å². The molecule has 0 radical (unpaired) electrons. The lowest BCUT2D eigenvalue weighted by Crippen LogP contribution is -2.44. The fraction of sp³-hybridized carbons (Fsp3) is 0.400. The second-order valence-electron chi connectivity index (χ2n) is 6.77. The minimum Gasteiger partial charge on any atom is -0.354 e. The summed E-state index contributed by atoms with van der Waals surface area (Å²) in [4.78, 5) is 50.6. The molecule has 0 spiro atoms. The van der Waals surface area contributed by atoms with Crippen LogP contribution in [-0.4, -0.2) is 45.5 Å². The van der Waals surface area contributed by atoms with Crippen molar-refractivity contribution in [2.75, 3.05) is 19.6 Å². The molecule has 1 saturated heterocycles. The number of hydrogen-bond acceptors (Lipinski definition) is 4. The molecular weight excluding hydrogens is 360 g/mol. The van der Waals surface area contributed by atoms with Gasteiger partial charge in [0.2, 0.25) is 11.8 Å². The largest absolute Gasteiger partial charge is 0.354 e. The van der Waals surface area contributed by atoms with Gasteiger partial charge >= 0.3 is 11.1 Å². The highest BCUT2D eigenvalue weighted by Crippen LogP contribution is 2.11. The molecule has 1 aliphatic heterocycles. The third-order valence-corrected chi connectivity index (χ3v) is 4.85. The van der Waals surface area contributed by atoms with E-state index in [-0.39, 0.29) is 24.9 Å². The number of fused-ring (bicyclic) bond motifs is 1. The maximum Gasteiger partial charge on any atom is 0.317 e. The smallest absolute Gasteiger partial charge is 0.317 e. The Morgan fingerprint density at radius 3 is 2.43 bits per heavy atom. The van der Waals surface area contributed by atoms with Crippen LogP contribution in [-0.2, 0) is 22.7 Å². The Morgan fingerprint density at radius 2 is 1.79 bits per heavy atom. The van der Waals surface area contributed by atoms with Crippen molar-refractivity contribution in [3.05, 3.63) is 57.6 Å². The van der Waals surface area contributed by atoms with E-state index in [0.717, 1.165) is 13.0 Å². The highest BCUT2D eigenvalue weighted by atomic mass is 16.2. The van der Waals surface area contributed by atoms with Gasteiger partial charge in [-0.15, -0.1) is 6.58 Å². The Morgan fingerprint density at radius 1 is 1.11 bits per heavy atom. The number of aromatic nitrogens is 2. The van der Waals surface area contributed by atoms with Crippen molar-refractivity contribution in [1.82, 2.24) is 19.4 Å². The van der Waals surface area contributed by atoms with E-state index in [0.29, 0.717) is 37.0 Å². The summed E-state index contributed by atoms with van der Waals surface area (Å²) in [5, 5.41) is 2.76. The van der Waals surface area contributed by atoms with Crippen molar-refractivity contribution in [2.45, 2.75) is 32.4 Å². The Labute approximate surface area is 162 Å². The van der Waals surface area contributed by atoms with Crippen molar-refractivity contribution in [3.63, 3.8) is 0 Å². The van der Waals surface area contributed by atoms with Crippen LogP contribution in [0.1, 0.15) is 19.3 Å². The van der Waals surface area contributed by atoms with E-state index in [2.05, 4.69) is 11.9 Å². The molecule has 1 fully saturated rings. The monoisotopic (exact) mass is 384 g/mol. The molecule has 8 nitrogen and oxygen atoms in total. The topological polar surface area (TPSA) is 93.4 Å². The molecule has 2 heterocycles. The minimum absolute atomic E-state index is 0.157. The van der Waals surface area contributed by atoms with Crippen LogP contribution in [0.2, 0.25) is 0 Å². The van der Waals surface area contributed by atoms with Gasteiger partial charge in [0.15, 0.2) is 0 Å². The van der Waals surface area contributed by atoms with Gasteiger partial charge in [-0.1, -0.05) is 18.2 Å². The second-order valence-corrected chi connectivity index (χ2v) is 6.77. The maximum atomic E-state index is 12.5. The summed E-state index contributed by atoms with van der Waals surface area (Å²) in [5.41, 5.74) is -0.323. The normalized spacial score (nSPS) is 13.9. The number of carbonyl (C=O) groups excluding carboxylic acids is 2. The molecular formula is C20H24N4O4. The number of para-hydroxylation sites is 2. The second kappa shape index (κ2) is 8.69. The SMILES string of the molecule is C=CCn1c(=O)c(=O)n(CC(=O)NCCCN2CCCC2=O)c2ccccc21. The van der Waals surface area contributed by atoms with E-state index in [1.165, 1.54) is 9.13 Å². The Bertz CT molecular complexity index is 1020. The molecule has 1 N–H and O–H groups in total. The molecule has 1 aromatic heterocycles. The molecule has 1 aromatic carbocycles. The van der Waals surface area contributed by atoms with Crippen LogP contribution in [0, 0.1) is 0 Å². The van der Waals surface area contributed by atoms with Gasteiger partial charge in [-0.05, 0) is 25.0 Å². The lowest BCUT2D eigenvalue weighted by atomic mass is 10.2. The third-order valence-electron chi connectivity index (χ3n) is 4.85. The van der Waals surface area contributed by atoms with E-state index in [1.54, 1.807) is 35.2 Å². The number of allylic oxidation sites excluding steroid dienone is 1. The molecule has 0 aliphatic carbocycles. The number of carbonyl (C=O) groups is 2. The van der Waals surface area contributed by atoms with Gasteiger partial charge in [-0.25, -0.2) is 0 Å². The quantitative estimate of drug-likeness (QED) is 0.407. The first-order valence-corrected chi connectivity index (χ1v) is 9.40. The summed E-state index contributed by atoms with van der Waals surface area (Å²) in [6.45, 7) is 5.40. The van der Waals surface area contributed by atoms with Crippen LogP contribution in [0.5, 0.6) is 0 Å². The van der Waals surface area contributed by atoms with Gasteiger partial charge in [0.1, 0.15) is 6.54 Å². The van der Waals surface area contributed by atoms with Crippen molar-refractivity contribution in [1.29, 1.82) is 0 Å². The molecule has 0 unspecified atom stereocenters. The number of rotatable bonds is 8. The fourth-order valence-electron chi connectivity index (χ4n) is 3.48. The Balaban J connectivity index is 1.70. The zero-order valence-corrected chi connectivity index (χ0v) is 15.7. The first kappa shape index (κ1) is 19.6. The van der Waals surface area contributed by atoms with E-state index in [9.17, 15) is 19.2 Å². The third kappa shape index (κ3) is 4.05. The van der Waals surface area contributed by atoms with Crippen molar-refractivity contribution < 1.29 is 9.59 Å². The van der Waals surface area contributed by atoms with Crippen LogP contribution in [0.25, 0.3) is 11.0 Å². The van der Waals surface area contributed by atoms with Gasteiger partial charge in [0.25, 0.3) is 0 Å². The van der Waals surface area contributed by atoms with Crippen molar-refractivity contribution in [3.8, 4) is 0 Å². The number of amides is 2. The Hall–Kier alpha value is -3.16. The van der Waals surface area contributed by atoms with E-state index in [4.69, 9.17) is 0 Å². The summed E-state index contributed by atoms with van der Waals surface area (Å²) in [6, 6.07) is 6.98. The summed E-state index contributed by atoms with van der Waals surface area (Å²) < 4.78 is 2.56. The standard InChI is InChI=1S/C20H24N4O4/c1-2-11-23-15-7-3-4-8-16(15)24(20(28)19(23)27)14-17(25)21-10-6-13-22-12-5-9-18(22)26/h2-4,7-8H,1,5-6,9-14H2,(H,21,25). The zero-order chi connectivity index (χ0) is 20.1. The van der Waals surface area contributed by atoms with E-state index in [1.807, 2.05) is 0 Å². The predicted molar refractivity (Wildman–Crippen MR) is 106 cm³/mol. The first-order chi connectivity index (χ1) is 13.5. The van der Waals surface area contributed by atoms with Crippen LogP contribution in [0.3, 0.4) is 0 Å². The average molecular weight is 384 g/mol. The molecule has 0 saturated carbocycles. The number of likely N-dealkylation sites (tertiary alicyclic amines) is 1. The van der Waals surface area contributed by atoms with Gasteiger partial charge in [0.05, 0.1) is 11.0 Å². The van der Waals surface area contributed by atoms with Crippen LogP contribution >= 0.6 is 0 Å². The van der Waals surface area contributed by atoms with Gasteiger partial charge < -0.3 is 10.2 Å². The maximum absolute atomic E-state index is 12.5. The van der Waals surface area contributed by atoms with Crippen molar-refractivity contribution >= 4 is 22.8 Å². The van der Waals surface area contributed by atoms with E-state index < -0.39 is 11.1 Å². The average Bonchev–Trinajstić information content (AvgIpc) is 3.10. The zero-order valence-electron chi connectivity index (χ0n) is 15.7. The highest BCUT2D eigenvalue weighted by Gasteiger charge is 2.19. The molecule has 2 amide bonds. The number of nitrogens with one attached hydrogen (secondary N) is 1. The van der Waals surface area contributed by atoms with Gasteiger partial charge in [-0.2, -0.15) is 0 Å². The predicted octanol–water partition coefficient (Wildman–Crippen LogP) is 0.478. The number of nitrogens with zero attached hydrogens (tertiary/aromatic N) is 3. The van der Waals surface area contributed by atoms with Crippen LogP contribution in [0.15, 0.2) is 46.5 Å². The summed E-state index contributed by atoms with van der Waals surface area (Å²) in [6.07, 6.45) is 3.68. The lowest BCUT2D eigenvalue weighted by molar-refractivity contribution is -0.127. The molecule has 2 aromatic rings. The molecule has 148 valence electrons. The van der Waals surface area contributed by atoms with Gasteiger partial charge in [-0.3, -0.25) is 28.3 Å². The Kier molecular flexibility index (Phi) is 6.08. The summed E-state index contributed by atoms with van der Waals surface area (Å²) in [5.74, 6) is -0.190. The molecule has 3 rings (SSSR count). The van der Waals surface area contributed by atoms with Crippen LogP contribution < -0.4 is 16.4 Å². The van der Waals surface area contributed by atoms with Gasteiger partial charge in [0, 0.05) is 32.6 Å². The number of hydrogen-bond donors (Lipinski definition) is 1. The molecule has 28 heavy (non-hydrogen) atoms. The van der Waals surface area contributed by atoms with Crippen molar-refractivity contribution in [2.24, 2.45) is 0 Å².